The number of benzene rings is 1. The van der Waals surface area contributed by atoms with Gasteiger partial charge in [0.25, 0.3) is 5.91 Å². The Hall–Kier alpha value is -0.490. The van der Waals surface area contributed by atoms with E-state index in [0.717, 1.165) is 4.90 Å². The Morgan fingerprint density at radius 2 is 2.00 bits per heavy atom. The van der Waals surface area contributed by atoms with Crippen LogP contribution in [0.2, 0.25) is 0 Å². The Morgan fingerprint density at radius 3 is 2.42 bits per heavy atom. The molecular formula is C12H14Cl2FNO2S. The molecule has 7 heteroatoms. The van der Waals surface area contributed by atoms with Crippen molar-refractivity contribution in [1.82, 2.24) is 5.32 Å². The highest BCUT2D eigenvalue weighted by Gasteiger charge is 2.24. The monoisotopic (exact) mass is 325 g/mol. The molecule has 0 unspecified atom stereocenters. The molecule has 0 spiro atoms. The first-order chi connectivity index (χ1) is 8.99. The van der Waals surface area contributed by atoms with Crippen LogP contribution in [-0.4, -0.2) is 34.8 Å². The first-order valence-electron chi connectivity index (χ1n) is 5.46. The van der Waals surface area contributed by atoms with Crippen molar-refractivity contribution in [3.05, 3.63) is 29.8 Å². The number of carbonyl (C=O) groups excluding carboxylic acids is 1. The van der Waals surface area contributed by atoms with Crippen LogP contribution in [0.15, 0.2) is 29.2 Å². The number of hydrogen-bond donors (Lipinski definition) is 2. The molecule has 2 atom stereocenters. The van der Waals surface area contributed by atoms with Crippen LogP contribution in [0.5, 0.6) is 0 Å². The van der Waals surface area contributed by atoms with Gasteiger partial charge < -0.3 is 10.4 Å². The fraction of sp³-hybridized carbons (Fsp3) is 0.417. The smallest absolute Gasteiger partial charge is 0.253 e. The van der Waals surface area contributed by atoms with Crippen LogP contribution in [0, 0.1) is 0 Å². The summed E-state index contributed by atoms with van der Waals surface area (Å²) in [6, 6.07) is 5.92. The van der Waals surface area contributed by atoms with Crippen LogP contribution in [-0.2, 0) is 4.79 Å². The van der Waals surface area contributed by atoms with E-state index in [9.17, 15) is 14.3 Å². The maximum Gasteiger partial charge on any atom is 0.253 e. The third-order valence-corrected chi connectivity index (χ3v) is 3.67. The number of carbonyl (C=O) groups is 1. The quantitative estimate of drug-likeness (QED) is 0.624. The molecule has 0 saturated carbocycles. The van der Waals surface area contributed by atoms with Crippen molar-refractivity contribution in [1.29, 1.82) is 0 Å². The molecule has 19 heavy (non-hydrogen) atoms. The highest BCUT2D eigenvalue weighted by Crippen LogP contribution is 2.21. The molecule has 1 rings (SSSR count). The van der Waals surface area contributed by atoms with Gasteiger partial charge in [0.2, 0.25) is 0 Å². The van der Waals surface area contributed by atoms with Gasteiger partial charge in [-0.3, -0.25) is 4.79 Å². The van der Waals surface area contributed by atoms with Crippen molar-refractivity contribution in [3.63, 3.8) is 0 Å². The van der Waals surface area contributed by atoms with E-state index in [0.29, 0.717) is 5.56 Å². The molecule has 0 radical (unpaired) electrons. The minimum absolute atomic E-state index is 0.515. The number of hydrogen-bond acceptors (Lipinski definition) is 3. The van der Waals surface area contributed by atoms with Crippen LogP contribution in [0.4, 0.5) is 4.39 Å². The van der Waals surface area contributed by atoms with Crippen LogP contribution in [0.3, 0.4) is 0 Å². The van der Waals surface area contributed by atoms with Crippen molar-refractivity contribution in [2.24, 2.45) is 0 Å². The van der Waals surface area contributed by atoms with Crippen LogP contribution < -0.4 is 5.32 Å². The normalized spacial score (nSPS) is 14.2. The molecule has 0 aliphatic heterocycles. The van der Waals surface area contributed by atoms with Gasteiger partial charge in [-0.05, 0) is 24.0 Å². The van der Waals surface area contributed by atoms with Gasteiger partial charge in [0, 0.05) is 4.90 Å². The number of aliphatic hydroxyl groups excluding tert-OH is 1. The zero-order chi connectivity index (χ0) is 14.4. The summed E-state index contributed by atoms with van der Waals surface area (Å²) in [5, 5.41) is 12.3. The van der Waals surface area contributed by atoms with Crippen LogP contribution in [0.1, 0.15) is 11.7 Å². The van der Waals surface area contributed by atoms with Crippen molar-refractivity contribution in [2.75, 3.05) is 12.9 Å². The van der Waals surface area contributed by atoms with Gasteiger partial charge in [0.15, 0.2) is 4.84 Å². The van der Waals surface area contributed by atoms with E-state index in [1.54, 1.807) is 23.9 Å². The molecule has 106 valence electrons. The molecule has 0 aliphatic rings. The van der Waals surface area contributed by atoms with Gasteiger partial charge in [-0.2, -0.15) is 0 Å². The zero-order valence-corrected chi connectivity index (χ0v) is 12.5. The second kappa shape index (κ2) is 7.94. The molecule has 1 amide bonds. The Morgan fingerprint density at radius 1 is 1.42 bits per heavy atom. The minimum atomic E-state index is -1.29. The molecule has 0 aromatic heterocycles. The van der Waals surface area contributed by atoms with Crippen molar-refractivity contribution in [2.45, 2.75) is 21.9 Å². The summed E-state index contributed by atoms with van der Waals surface area (Å²) in [5.41, 5.74) is 0.515. The summed E-state index contributed by atoms with van der Waals surface area (Å²) in [7, 11) is 0. The van der Waals surface area contributed by atoms with E-state index in [4.69, 9.17) is 23.2 Å². The summed E-state index contributed by atoms with van der Waals surface area (Å²) >= 11 is 12.3. The Kier molecular flexibility index (Phi) is 6.93. The summed E-state index contributed by atoms with van der Waals surface area (Å²) in [6.45, 7) is -0.919. The van der Waals surface area contributed by atoms with Crippen LogP contribution >= 0.6 is 35.0 Å². The minimum Gasteiger partial charge on any atom is -0.386 e. The predicted molar refractivity (Wildman–Crippen MR) is 76.6 cm³/mol. The molecule has 2 N–H and O–H groups in total. The maximum absolute atomic E-state index is 12.9. The fourth-order valence-electron chi connectivity index (χ4n) is 1.48. The number of alkyl halides is 3. The maximum atomic E-state index is 12.9. The van der Waals surface area contributed by atoms with E-state index in [1.165, 1.54) is 0 Å². The van der Waals surface area contributed by atoms with E-state index in [1.807, 2.05) is 18.4 Å². The number of thioether (sulfide) groups is 1. The average molecular weight is 326 g/mol. The Bertz CT molecular complexity index is 417. The van der Waals surface area contributed by atoms with E-state index >= 15 is 0 Å². The number of halogens is 3. The third-order valence-electron chi connectivity index (χ3n) is 2.53. The van der Waals surface area contributed by atoms with Crippen molar-refractivity contribution in [3.8, 4) is 0 Å². The van der Waals surface area contributed by atoms with Gasteiger partial charge in [-0.25, -0.2) is 4.39 Å². The molecule has 1 aromatic rings. The first kappa shape index (κ1) is 16.6. The number of amides is 1. The average Bonchev–Trinajstić information content (AvgIpc) is 2.43. The second-order valence-electron chi connectivity index (χ2n) is 3.79. The lowest BCUT2D eigenvalue weighted by Gasteiger charge is -2.22. The first-order valence-corrected chi connectivity index (χ1v) is 7.55. The van der Waals surface area contributed by atoms with E-state index < -0.39 is 29.6 Å². The van der Waals surface area contributed by atoms with Crippen molar-refractivity contribution >= 4 is 40.9 Å². The Labute approximate surface area is 125 Å². The number of aliphatic hydroxyl groups is 1. The zero-order valence-electron chi connectivity index (χ0n) is 10.1. The largest absolute Gasteiger partial charge is 0.386 e. The second-order valence-corrected chi connectivity index (χ2v) is 5.76. The topological polar surface area (TPSA) is 49.3 Å². The lowest BCUT2D eigenvalue weighted by Crippen LogP contribution is -2.43. The van der Waals surface area contributed by atoms with Gasteiger partial charge in [-0.15, -0.1) is 11.8 Å². The molecule has 0 aliphatic carbocycles. The lowest BCUT2D eigenvalue weighted by atomic mass is 10.0. The fourth-order valence-corrected chi connectivity index (χ4v) is 2.02. The SMILES string of the molecule is CSc1ccc([C@@H](O)[C@@H](CF)NC(=O)C(Cl)Cl)cc1. The molecular weight excluding hydrogens is 312 g/mol. The standard InChI is InChI=1S/C12H14Cl2FNO2S/c1-19-8-4-2-7(3-5-8)10(17)9(6-15)16-12(18)11(13)14/h2-5,9-11,17H,6H2,1H3,(H,16,18)/t9-,10-/m1/s1. The van der Waals surface area contributed by atoms with E-state index in [2.05, 4.69) is 5.32 Å². The van der Waals surface area contributed by atoms with E-state index in [-0.39, 0.29) is 0 Å². The van der Waals surface area contributed by atoms with Crippen LogP contribution in [0.25, 0.3) is 0 Å². The highest BCUT2D eigenvalue weighted by atomic mass is 35.5. The summed E-state index contributed by atoms with van der Waals surface area (Å²) < 4.78 is 12.9. The number of rotatable bonds is 6. The molecule has 0 heterocycles. The molecule has 0 bridgehead atoms. The summed E-state index contributed by atoms with van der Waals surface area (Å²) in [4.78, 5) is 11.0. The Balaban J connectivity index is 2.76. The highest BCUT2D eigenvalue weighted by molar-refractivity contribution is 7.98. The van der Waals surface area contributed by atoms with Gasteiger partial charge in [0.05, 0.1) is 6.04 Å². The molecule has 1 aromatic carbocycles. The third kappa shape index (κ3) is 4.84. The summed E-state index contributed by atoms with van der Waals surface area (Å²) in [6.07, 6.45) is 0.772. The molecule has 3 nitrogen and oxygen atoms in total. The van der Waals surface area contributed by atoms with Gasteiger partial charge >= 0.3 is 0 Å². The van der Waals surface area contributed by atoms with Crippen molar-refractivity contribution < 1.29 is 14.3 Å². The predicted octanol–water partition coefficient (Wildman–Crippen LogP) is 2.70. The number of nitrogens with one attached hydrogen (secondary N) is 1. The summed E-state index contributed by atoms with van der Waals surface area (Å²) in [5.74, 6) is -0.731. The lowest BCUT2D eigenvalue weighted by molar-refractivity contribution is -0.121. The molecule has 0 saturated heterocycles. The van der Waals surface area contributed by atoms with Gasteiger partial charge in [0.1, 0.15) is 12.8 Å². The molecule has 0 fully saturated rings. The van der Waals surface area contributed by atoms with Gasteiger partial charge in [-0.1, -0.05) is 35.3 Å².